The lowest BCUT2D eigenvalue weighted by atomic mass is 9.97. The molecule has 0 saturated carbocycles. The van der Waals surface area contributed by atoms with Crippen molar-refractivity contribution in [3.05, 3.63) is 46.1 Å². The largest absolute Gasteiger partial charge is 0.369 e. The van der Waals surface area contributed by atoms with Gasteiger partial charge < -0.3 is 16.0 Å². The van der Waals surface area contributed by atoms with E-state index in [2.05, 4.69) is 15.3 Å². The Kier molecular flexibility index (Phi) is 5.76. The highest BCUT2D eigenvalue weighted by Gasteiger charge is 2.24. The molecule has 7 nitrogen and oxygen atoms in total. The zero-order valence-corrected chi connectivity index (χ0v) is 15.6. The van der Waals surface area contributed by atoms with Crippen LogP contribution in [0.4, 0.5) is 15.9 Å². The van der Waals surface area contributed by atoms with Gasteiger partial charge in [0.15, 0.2) is 11.0 Å². The van der Waals surface area contributed by atoms with E-state index < -0.39 is 16.9 Å². The maximum Gasteiger partial charge on any atom is 0.258 e. The van der Waals surface area contributed by atoms with Crippen molar-refractivity contribution in [1.82, 2.24) is 9.97 Å². The normalized spacial score (nSPS) is 16.9. The highest BCUT2D eigenvalue weighted by Crippen LogP contribution is 2.24. The molecule has 3 heterocycles. The molecule has 0 radical (unpaired) electrons. The first-order valence-electron chi connectivity index (χ1n) is 8.18. The van der Waals surface area contributed by atoms with Crippen molar-refractivity contribution in [3.8, 4) is 0 Å². The van der Waals surface area contributed by atoms with Crippen LogP contribution in [0.25, 0.3) is 0 Å². The Bertz CT molecular complexity index is 878. The summed E-state index contributed by atoms with van der Waals surface area (Å²) < 4.78 is 13.5. The number of rotatable bonds is 4. The lowest BCUT2D eigenvalue weighted by Crippen LogP contribution is -2.41. The quantitative estimate of drug-likeness (QED) is 0.753. The number of carbonyl (C=O) groups is 2. The predicted molar refractivity (Wildman–Crippen MR) is 101 cm³/mol. The van der Waals surface area contributed by atoms with Crippen molar-refractivity contribution in [3.63, 3.8) is 0 Å². The van der Waals surface area contributed by atoms with Gasteiger partial charge >= 0.3 is 0 Å². The van der Waals surface area contributed by atoms with Gasteiger partial charge in [0.25, 0.3) is 5.91 Å². The Balaban J connectivity index is 1.70. The molecule has 0 spiro atoms. The maximum absolute atomic E-state index is 13.5. The molecule has 3 rings (SSSR count). The van der Waals surface area contributed by atoms with Crippen LogP contribution in [0, 0.1) is 11.7 Å². The summed E-state index contributed by atoms with van der Waals surface area (Å²) in [4.78, 5) is 33.5. The second-order valence-corrected chi connectivity index (χ2v) is 6.86. The van der Waals surface area contributed by atoms with E-state index in [1.165, 1.54) is 6.20 Å². The molecule has 2 amide bonds. The zero-order chi connectivity index (χ0) is 19.6. The fraction of sp³-hybridized carbons (Fsp3) is 0.294. The van der Waals surface area contributed by atoms with Crippen molar-refractivity contribution < 1.29 is 14.0 Å². The van der Waals surface area contributed by atoms with Gasteiger partial charge in [-0.25, -0.2) is 14.4 Å². The molecule has 0 aromatic carbocycles. The first-order chi connectivity index (χ1) is 12.8. The van der Waals surface area contributed by atoms with Gasteiger partial charge in [-0.05, 0) is 31.0 Å². The molecule has 3 N–H and O–H groups in total. The van der Waals surface area contributed by atoms with E-state index in [9.17, 15) is 14.0 Å². The summed E-state index contributed by atoms with van der Waals surface area (Å²) >= 11 is 11.4. The number of nitrogens with one attached hydrogen (secondary N) is 1. The summed E-state index contributed by atoms with van der Waals surface area (Å²) in [7, 11) is 0. The molecule has 10 heteroatoms. The number of hydrogen-bond donors (Lipinski definition) is 2. The molecular weight excluding hydrogens is 396 g/mol. The Morgan fingerprint density at radius 1 is 1.30 bits per heavy atom. The Morgan fingerprint density at radius 2 is 2.07 bits per heavy atom. The fourth-order valence-corrected chi connectivity index (χ4v) is 3.28. The topological polar surface area (TPSA) is 101 Å². The summed E-state index contributed by atoms with van der Waals surface area (Å²) in [6.07, 6.45) is 3.09. The monoisotopic (exact) mass is 411 g/mol. The average Bonchev–Trinajstić information content (AvgIpc) is 2.65. The van der Waals surface area contributed by atoms with Gasteiger partial charge in [0.2, 0.25) is 5.91 Å². The summed E-state index contributed by atoms with van der Waals surface area (Å²) in [6, 6.07) is 4.30. The van der Waals surface area contributed by atoms with Crippen molar-refractivity contribution in [2.24, 2.45) is 11.7 Å². The molecule has 0 aliphatic carbocycles. The molecule has 0 bridgehead atoms. The first kappa shape index (κ1) is 19.3. The lowest BCUT2D eigenvalue weighted by Gasteiger charge is -2.32. The zero-order valence-electron chi connectivity index (χ0n) is 14.1. The average molecular weight is 412 g/mol. The molecule has 27 heavy (non-hydrogen) atoms. The van der Waals surface area contributed by atoms with Crippen LogP contribution < -0.4 is 16.0 Å². The third kappa shape index (κ3) is 4.45. The SMILES string of the molecule is NC(=O)C1CCCN(c2ccc(NC(=O)c3cc(F)c(Cl)nc3Cl)cn2)C1. The number of pyridine rings is 2. The standard InChI is InChI=1S/C17H16Cl2FN5O2/c18-14-11(6-12(20)15(19)24-14)17(27)23-10-3-4-13(22-7-10)25-5-1-2-9(8-25)16(21)26/h3-4,6-7,9H,1-2,5,8H2,(H2,21,26)(H,23,27). The van der Waals surface area contributed by atoms with Gasteiger partial charge in [-0.15, -0.1) is 0 Å². The minimum Gasteiger partial charge on any atom is -0.369 e. The molecule has 1 saturated heterocycles. The number of primary amides is 1. The minimum atomic E-state index is -0.839. The number of amides is 2. The van der Waals surface area contributed by atoms with Crippen molar-refractivity contribution >= 4 is 46.5 Å². The van der Waals surface area contributed by atoms with Crippen LogP contribution >= 0.6 is 23.2 Å². The van der Waals surface area contributed by atoms with Crippen LogP contribution in [0.3, 0.4) is 0 Å². The molecule has 1 unspecified atom stereocenters. The van der Waals surface area contributed by atoms with Gasteiger partial charge in [-0.2, -0.15) is 0 Å². The number of anilines is 2. The molecule has 2 aromatic heterocycles. The molecule has 1 atom stereocenters. The first-order valence-corrected chi connectivity index (χ1v) is 8.94. The predicted octanol–water partition coefficient (Wildman–Crippen LogP) is 2.88. The van der Waals surface area contributed by atoms with E-state index in [4.69, 9.17) is 28.9 Å². The summed E-state index contributed by atoms with van der Waals surface area (Å²) in [5, 5.41) is 1.97. The Morgan fingerprint density at radius 3 is 2.74 bits per heavy atom. The maximum atomic E-state index is 13.5. The molecule has 1 aliphatic rings. The van der Waals surface area contributed by atoms with E-state index in [1.54, 1.807) is 12.1 Å². The van der Waals surface area contributed by atoms with Gasteiger partial charge in [-0.1, -0.05) is 23.2 Å². The third-order valence-corrected chi connectivity index (χ3v) is 4.84. The van der Waals surface area contributed by atoms with Crippen molar-refractivity contribution in [2.75, 3.05) is 23.3 Å². The number of hydrogen-bond acceptors (Lipinski definition) is 5. The highest BCUT2D eigenvalue weighted by atomic mass is 35.5. The summed E-state index contributed by atoms with van der Waals surface area (Å²) in [5.41, 5.74) is 5.65. The van der Waals surface area contributed by atoms with Gasteiger partial charge in [-0.3, -0.25) is 9.59 Å². The molecular formula is C17H16Cl2FN5O2. The molecule has 1 fully saturated rings. The van der Waals surface area contributed by atoms with Crippen molar-refractivity contribution in [2.45, 2.75) is 12.8 Å². The highest BCUT2D eigenvalue weighted by molar-refractivity contribution is 6.35. The van der Waals surface area contributed by atoms with Gasteiger partial charge in [0, 0.05) is 13.1 Å². The Hall–Kier alpha value is -2.45. The minimum absolute atomic E-state index is 0.136. The molecule has 2 aromatic rings. The van der Waals surface area contributed by atoms with Crippen LogP contribution in [0.2, 0.25) is 10.3 Å². The number of piperidine rings is 1. The number of halogens is 3. The van der Waals surface area contributed by atoms with Crippen LogP contribution in [-0.2, 0) is 4.79 Å². The second-order valence-electron chi connectivity index (χ2n) is 6.15. The van der Waals surface area contributed by atoms with Gasteiger partial charge in [0.1, 0.15) is 11.0 Å². The fourth-order valence-electron chi connectivity index (χ4n) is 2.87. The van der Waals surface area contributed by atoms with Crippen LogP contribution in [0.15, 0.2) is 24.4 Å². The number of aromatic nitrogens is 2. The molecule has 1 aliphatic heterocycles. The van der Waals surface area contributed by atoms with E-state index >= 15 is 0 Å². The number of nitrogens with zero attached hydrogens (tertiary/aromatic N) is 3. The lowest BCUT2D eigenvalue weighted by molar-refractivity contribution is -0.122. The number of carbonyl (C=O) groups excluding carboxylic acids is 2. The van der Waals surface area contributed by atoms with Gasteiger partial charge in [0.05, 0.1) is 23.4 Å². The van der Waals surface area contributed by atoms with E-state index in [0.717, 1.165) is 25.5 Å². The van der Waals surface area contributed by atoms with E-state index in [-0.39, 0.29) is 22.5 Å². The van der Waals surface area contributed by atoms with E-state index in [0.29, 0.717) is 18.1 Å². The number of nitrogens with two attached hydrogens (primary N) is 1. The summed E-state index contributed by atoms with van der Waals surface area (Å²) in [6.45, 7) is 1.28. The Labute approximate surface area is 164 Å². The van der Waals surface area contributed by atoms with Crippen LogP contribution in [0.5, 0.6) is 0 Å². The van der Waals surface area contributed by atoms with Crippen molar-refractivity contribution in [1.29, 1.82) is 0 Å². The summed E-state index contributed by atoms with van der Waals surface area (Å²) in [5.74, 6) is -1.31. The molecule has 142 valence electrons. The van der Waals surface area contributed by atoms with E-state index in [1.807, 2.05) is 4.90 Å². The second kappa shape index (κ2) is 8.06. The smallest absolute Gasteiger partial charge is 0.258 e. The third-order valence-electron chi connectivity index (χ3n) is 4.28. The van der Waals surface area contributed by atoms with Crippen LogP contribution in [-0.4, -0.2) is 34.9 Å². The van der Waals surface area contributed by atoms with Crippen LogP contribution in [0.1, 0.15) is 23.2 Å².